The molecule has 0 saturated carbocycles. The van der Waals surface area contributed by atoms with Gasteiger partial charge in [0.25, 0.3) is 0 Å². The molecule has 0 fully saturated rings. The third-order valence-electron chi connectivity index (χ3n) is 2.09. The van der Waals surface area contributed by atoms with Crippen molar-refractivity contribution in [3.63, 3.8) is 0 Å². The highest BCUT2D eigenvalue weighted by Gasteiger charge is 2.06. The predicted molar refractivity (Wildman–Crippen MR) is 60.9 cm³/mol. The molecule has 0 aliphatic heterocycles. The van der Waals surface area contributed by atoms with Gasteiger partial charge in [-0.1, -0.05) is 0 Å². The van der Waals surface area contributed by atoms with Crippen LogP contribution < -0.4 is 5.32 Å². The summed E-state index contributed by atoms with van der Waals surface area (Å²) in [6.45, 7) is 6.04. The van der Waals surface area contributed by atoms with Crippen LogP contribution >= 0.6 is 11.3 Å². The molecule has 0 aliphatic carbocycles. The van der Waals surface area contributed by atoms with Crippen LogP contribution in [-0.4, -0.2) is 11.7 Å². The van der Waals surface area contributed by atoms with E-state index in [1.807, 2.05) is 6.92 Å². The van der Waals surface area contributed by atoms with Gasteiger partial charge in [0.15, 0.2) is 0 Å². The van der Waals surface area contributed by atoms with E-state index in [0.717, 1.165) is 4.88 Å². The third kappa shape index (κ3) is 3.83. The van der Waals surface area contributed by atoms with Gasteiger partial charge in [0, 0.05) is 9.75 Å². The van der Waals surface area contributed by atoms with Gasteiger partial charge < -0.3 is 5.32 Å². The van der Waals surface area contributed by atoms with Gasteiger partial charge in [0.2, 0.25) is 5.91 Å². The third-order valence-corrected chi connectivity index (χ3v) is 3.24. The molecule has 1 N–H and O–H groups in total. The maximum absolute atomic E-state index is 11.2. The Kier molecular flexibility index (Phi) is 4.03. The minimum Gasteiger partial charge on any atom is -0.351 e. The summed E-state index contributed by atoms with van der Waals surface area (Å²) in [5.74, 6) is -0.308. The average Bonchev–Trinajstić information content (AvgIpc) is 2.42. The summed E-state index contributed by atoms with van der Waals surface area (Å²) in [5.41, 5.74) is 1.25. The van der Waals surface area contributed by atoms with Crippen molar-refractivity contribution in [3.05, 3.63) is 21.4 Å². The second-order valence-corrected chi connectivity index (χ2v) is 4.95. The SMILES string of the molecule is CC(=O)CC(=O)NCc1cc(C)c(C)s1. The maximum atomic E-state index is 11.2. The number of ketones is 1. The second-order valence-electron chi connectivity index (χ2n) is 3.61. The lowest BCUT2D eigenvalue weighted by Gasteiger charge is -2.00. The molecule has 0 aliphatic rings. The van der Waals surface area contributed by atoms with Crippen LogP contribution in [0.2, 0.25) is 0 Å². The van der Waals surface area contributed by atoms with Crippen LogP contribution in [0.4, 0.5) is 0 Å². The number of aryl methyl sites for hydroxylation is 2. The van der Waals surface area contributed by atoms with E-state index in [9.17, 15) is 9.59 Å². The summed E-state index contributed by atoms with van der Waals surface area (Å²) in [7, 11) is 0. The Balaban J connectivity index is 2.43. The molecular formula is C11H15NO2S. The number of hydrogen-bond acceptors (Lipinski definition) is 3. The molecule has 1 aromatic heterocycles. The zero-order valence-electron chi connectivity index (χ0n) is 9.22. The van der Waals surface area contributed by atoms with Crippen molar-refractivity contribution >= 4 is 23.0 Å². The fraction of sp³-hybridized carbons (Fsp3) is 0.455. The molecule has 0 bridgehead atoms. The predicted octanol–water partition coefficient (Wildman–Crippen LogP) is 1.96. The Bertz CT molecular complexity index is 362. The van der Waals surface area contributed by atoms with E-state index < -0.39 is 0 Å². The van der Waals surface area contributed by atoms with Crippen LogP contribution in [0.15, 0.2) is 6.07 Å². The van der Waals surface area contributed by atoms with Gasteiger partial charge in [0.1, 0.15) is 5.78 Å². The number of thiophene rings is 1. The van der Waals surface area contributed by atoms with E-state index in [1.54, 1.807) is 11.3 Å². The first kappa shape index (κ1) is 11.9. The van der Waals surface area contributed by atoms with Crippen molar-refractivity contribution in [2.24, 2.45) is 0 Å². The van der Waals surface area contributed by atoms with Crippen molar-refractivity contribution in [2.75, 3.05) is 0 Å². The van der Waals surface area contributed by atoms with Gasteiger partial charge in [-0.25, -0.2) is 0 Å². The largest absolute Gasteiger partial charge is 0.351 e. The summed E-state index contributed by atoms with van der Waals surface area (Å²) < 4.78 is 0. The maximum Gasteiger partial charge on any atom is 0.227 e. The number of carbonyl (C=O) groups is 2. The van der Waals surface area contributed by atoms with E-state index >= 15 is 0 Å². The van der Waals surface area contributed by atoms with Crippen LogP contribution in [0.1, 0.15) is 28.7 Å². The lowest BCUT2D eigenvalue weighted by atomic mass is 10.2. The molecular weight excluding hydrogens is 210 g/mol. The number of carbonyl (C=O) groups excluding carboxylic acids is 2. The van der Waals surface area contributed by atoms with Gasteiger partial charge in [-0.3, -0.25) is 9.59 Å². The smallest absolute Gasteiger partial charge is 0.227 e. The first-order valence-corrected chi connectivity index (χ1v) is 5.62. The van der Waals surface area contributed by atoms with Crippen molar-refractivity contribution < 1.29 is 9.59 Å². The molecule has 1 rings (SSSR count). The van der Waals surface area contributed by atoms with Gasteiger partial charge >= 0.3 is 0 Å². The quantitative estimate of drug-likeness (QED) is 0.796. The molecule has 1 amide bonds. The number of amides is 1. The van der Waals surface area contributed by atoms with Crippen molar-refractivity contribution in [2.45, 2.75) is 33.7 Å². The van der Waals surface area contributed by atoms with E-state index in [-0.39, 0.29) is 18.1 Å². The van der Waals surface area contributed by atoms with Gasteiger partial charge in [-0.2, -0.15) is 0 Å². The molecule has 1 heterocycles. The van der Waals surface area contributed by atoms with Crippen LogP contribution in [-0.2, 0) is 16.1 Å². The monoisotopic (exact) mass is 225 g/mol. The lowest BCUT2D eigenvalue weighted by Crippen LogP contribution is -2.23. The highest BCUT2D eigenvalue weighted by Crippen LogP contribution is 2.20. The topological polar surface area (TPSA) is 46.2 Å². The zero-order valence-corrected chi connectivity index (χ0v) is 10.0. The van der Waals surface area contributed by atoms with E-state index in [1.165, 1.54) is 17.4 Å². The Morgan fingerprint density at radius 3 is 2.53 bits per heavy atom. The Morgan fingerprint density at radius 2 is 2.07 bits per heavy atom. The standard InChI is InChI=1S/C11H15NO2S/c1-7-4-10(15-9(7)3)6-12-11(14)5-8(2)13/h4H,5-6H2,1-3H3,(H,12,14). The van der Waals surface area contributed by atoms with Gasteiger partial charge in [-0.15, -0.1) is 11.3 Å². The van der Waals surface area contributed by atoms with E-state index in [0.29, 0.717) is 6.54 Å². The van der Waals surface area contributed by atoms with E-state index in [2.05, 4.69) is 18.3 Å². The fourth-order valence-electron chi connectivity index (χ4n) is 1.21. The summed E-state index contributed by atoms with van der Waals surface area (Å²) in [5, 5.41) is 2.72. The summed E-state index contributed by atoms with van der Waals surface area (Å²) in [6, 6.07) is 2.06. The number of hydrogen-bond donors (Lipinski definition) is 1. The molecule has 4 heteroatoms. The Labute approximate surface area is 93.5 Å². The minimum absolute atomic E-state index is 0.0245. The summed E-state index contributed by atoms with van der Waals surface area (Å²) in [4.78, 5) is 24.3. The molecule has 82 valence electrons. The molecule has 0 unspecified atom stereocenters. The van der Waals surface area contributed by atoms with E-state index in [4.69, 9.17) is 0 Å². The molecule has 0 aromatic carbocycles. The number of rotatable bonds is 4. The molecule has 0 saturated heterocycles. The Morgan fingerprint density at radius 1 is 1.40 bits per heavy atom. The molecule has 0 atom stereocenters. The highest BCUT2D eigenvalue weighted by atomic mass is 32.1. The number of Topliss-reactive ketones (excluding diaryl/α,β-unsaturated/α-hetero) is 1. The van der Waals surface area contributed by atoms with Gasteiger partial charge in [0.05, 0.1) is 13.0 Å². The van der Waals surface area contributed by atoms with Crippen molar-refractivity contribution in [3.8, 4) is 0 Å². The van der Waals surface area contributed by atoms with Crippen LogP contribution in [0, 0.1) is 13.8 Å². The first-order valence-electron chi connectivity index (χ1n) is 4.81. The first-order chi connectivity index (χ1) is 6.99. The van der Waals surface area contributed by atoms with Crippen molar-refractivity contribution in [1.29, 1.82) is 0 Å². The zero-order chi connectivity index (χ0) is 11.4. The molecule has 0 spiro atoms. The Hall–Kier alpha value is -1.16. The summed E-state index contributed by atoms with van der Waals surface area (Å²) in [6.07, 6.45) is -0.0245. The van der Waals surface area contributed by atoms with Crippen LogP contribution in [0.5, 0.6) is 0 Å². The lowest BCUT2D eigenvalue weighted by molar-refractivity contribution is -0.127. The minimum atomic E-state index is -0.203. The van der Waals surface area contributed by atoms with Crippen molar-refractivity contribution in [1.82, 2.24) is 5.32 Å². The molecule has 3 nitrogen and oxygen atoms in total. The summed E-state index contributed by atoms with van der Waals surface area (Å²) >= 11 is 1.68. The second kappa shape index (κ2) is 5.07. The molecule has 1 aromatic rings. The number of nitrogens with one attached hydrogen (secondary N) is 1. The normalized spacial score (nSPS) is 10.1. The fourth-order valence-corrected chi connectivity index (χ4v) is 2.20. The van der Waals surface area contributed by atoms with Crippen LogP contribution in [0.25, 0.3) is 0 Å². The molecule has 0 radical (unpaired) electrons. The average molecular weight is 225 g/mol. The highest BCUT2D eigenvalue weighted by molar-refractivity contribution is 7.12. The van der Waals surface area contributed by atoms with Gasteiger partial charge in [-0.05, 0) is 32.4 Å². The van der Waals surface area contributed by atoms with Crippen LogP contribution in [0.3, 0.4) is 0 Å². The molecule has 15 heavy (non-hydrogen) atoms.